The summed E-state index contributed by atoms with van der Waals surface area (Å²) < 4.78 is 15.8. The standard InChI is InChI=1S/C20H16N2O6/c1-26-15-9-13-14(10-16(15)27-2)21-19(28-20(13)25)11-4-3-5-12(8-11)22-17(23)6-7-18(22)24/h3-5,8-10H,6-7H2,1-2H3. The molecule has 1 aromatic heterocycles. The van der Waals surface area contributed by atoms with Gasteiger partial charge in [0.2, 0.25) is 17.7 Å². The van der Waals surface area contributed by atoms with Gasteiger partial charge >= 0.3 is 5.63 Å². The number of aromatic nitrogens is 1. The average molecular weight is 380 g/mol. The van der Waals surface area contributed by atoms with Crippen LogP contribution in [0.1, 0.15) is 12.8 Å². The number of ether oxygens (including phenoxy) is 2. The van der Waals surface area contributed by atoms with Crippen molar-refractivity contribution in [3.05, 3.63) is 46.8 Å². The molecule has 2 aromatic carbocycles. The summed E-state index contributed by atoms with van der Waals surface area (Å²) in [5.74, 6) is 0.385. The minimum Gasteiger partial charge on any atom is -0.493 e. The Morgan fingerprint density at radius 1 is 0.964 bits per heavy atom. The van der Waals surface area contributed by atoms with E-state index in [4.69, 9.17) is 13.9 Å². The molecule has 0 unspecified atom stereocenters. The topological polar surface area (TPSA) is 98.9 Å². The minimum absolute atomic E-state index is 0.0747. The number of carbonyl (C=O) groups is 2. The molecule has 1 fully saturated rings. The summed E-state index contributed by atoms with van der Waals surface area (Å²) in [6.45, 7) is 0. The third-order valence-electron chi connectivity index (χ3n) is 4.54. The van der Waals surface area contributed by atoms with Crippen LogP contribution in [-0.2, 0) is 9.59 Å². The fourth-order valence-corrected chi connectivity index (χ4v) is 3.17. The van der Waals surface area contributed by atoms with E-state index in [0.717, 1.165) is 4.90 Å². The second-order valence-corrected chi connectivity index (χ2v) is 6.20. The molecule has 28 heavy (non-hydrogen) atoms. The molecule has 0 atom stereocenters. The van der Waals surface area contributed by atoms with Gasteiger partial charge in [0, 0.05) is 30.5 Å². The molecule has 1 aliphatic heterocycles. The summed E-state index contributed by atoms with van der Waals surface area (Å²) in [4.78, 5) is 42.0. The predicted octanol–water partition coefficient (Wildman–Crippen LogP) is 2.53. The van der Waals surface area contributed by atoms with Crippen LogP contribution in [0.25, 0.3) is 22.4 Å². The van der Waals surface area contributed by atoms with E-state index in [2.05, 4.69) is 4.98 Å². The molecular formula is C20H16N2O6. The Morgan fingerprint density at radius 3 is 2.32 bits per heavy atom. The van der Waals surface area contributed by atoms with Crippen LogP contribution in [0.2, 0.25) is 0 Å². The highest BCUT2D eigenvalue weighted by Gasteiger charge is 2.30. The first-order valence-corrected chi connectivity index (χ1v) is 8.55. The highest BCUT2D eigenvalue weighted by atomic mass is 16.5. The van der Waals surface area contributed by atoms with E-state index >= 15 is 0 Å². The molecule has 3 aromatic rings. The van der Waals surface area contributed by atoms with Crippen molar-refractivity contribution in [1.82, 2.24) is 4.98 Å². The molecule has 8 nitrogen and oxygen atoms in total. The van der Waals surface area contributed by atoms with E-state index in [0.29, 0.717) is 28.3 Å². The van der Waals surface area contributed by atoms with Gasteiger partial charge in [-0.05, 0) is 18.2 Å². The summed E-state index contributed by atoms with van der Waals surface area (Å²) in [6.07, 6.45) is 0.377. The van der Waals surface area contributed by atoms with Crippen molar-refractivity contribution in [3.8, 4) is 23.0 Å². The summed E-state index contributed by atoms with van der Waals surface area (Å²) in [5, 5.41) is 0.252. The number of amides is 2. The maximum Gasteiger partial charge on any atom is 0.347 e. The first kappa shape index (κ1) is 17.7. The summed E-state index contributed by atoms with van der Waals surface area (Å²) in [5.41, 5.74) is 0.683. The lowest BCUT2D eigenvalue weighted by molar-refractivity contribution is -0.121. The van der Waals surface area contributed by atoms with Crippen LogP contribution in [0, 0.1) is 0 Å². The number of hydrogen-bond acceptors (Lipinski definition) is 7. The Morgan fingerprint density at radius 2 is 1.64 bits per heavy atom. The number of methoxy groups -OCH3 is 2. The van der Waals surface area contributed by atoms with Crippen LogP contribution in [0.15, 0.2) is 45.6 Å². The van der Waals surface area contributed by atoms with Crippen molar-refractivity contribution >= 4 is 28.4 Å². The monoisotopic (exact) mass is 380 g/mol. The van der Waals surface area contributed by atoms with Crippen LogP contribution in [-0.4, -0.2) is 31.0 Å². The number of hydrogen-bond donors (Lipinski definition) is 0. The molecule has 0 saturated carbocycles. The quantitative estimate of drug-likeness (QED) is 0.641. The lowest BCUT2D eigenvalue weighted by Gasteiger charge is -2.14. The van der Waals surface area contributed by atoms with Gasteiger partial charge in [0.1, 0.15) is 0 Å². The summed E-state index contributed by atoms with van der Waals surface area (Å²) in [7, 11) is 2.96. The number of carbonyl (C=O) groups excluding carboxylic acids is 2. The van der Waals surface area contributed by atoms with Crippen molar-refractivity contribution < 1.29 is 23.5 Å². The Balaban J connectivity index is 1.83. The lowest BCUT2D eigenvalue weighted by Crippen LogP contribution is -2.28. The van der Waals surface area contributed by atoms with Gasteiger partial charge in [0.25, 0.3) is 0 Å². The van der Waals surface area contributed by atoms with E-state index in [1.165, 1.54) is 20.3 Å². The Labute approximate surface area is 159 Å². The van der Waals surface area contributed by atoms with Crippen molar-refractivity contribution in [3.63, 3.8) is 0 Å². The number of anilines is 1. The maximum atomic E-state index is 12.5. The Bertz CT molecular complexity index is 1150. The second-order valence-electron chi connectivity index (χ2n) is 6.20. The smallest absolute Gasteiger partial charge is 0.347 e. The van der Waals surface area contributed by atoms with Gasteiger partial charge in [0.05, 0.1) is 30.8 Å². The number of rotatable bonds is 4. The van der Waals surface area contributed by atoms with Crippen LogP contribution in [0.3, 0.4) is 0 Å². The molecule has 0 N–H and O–H groups in total. The van der Waals surface area contributed by atoms with Crippen molar-refractivity contribution in [2.75, 3.05) is 19.1 Å². The molecule has 142 valence electrons. The van der Waals surface area contributed by atoms with E-state index in [1.807, 2.05) is 0 Å². The van der Waals surface area contributed by atoms with Crippen LogP contribution >= 0.6 is 0 Å². The SMILES string of the molecule is COc1cc2nc(-c3cccc(N4C(=O)CCC4=O)c3)oc(=O)c2cc1OC. The van der Waals surface area contributed by atoms with Crippen molar-refractivity contribution in [2.24, 2.45) is 0 Å². The molecule has 2 heterocycles. The molecule has 0 aliphatic carbocycles. The van der Waals surface area contributed by atoms with E-state index < -0.39 is 5.63 Å². The number of benzene rings is 2. The van der Waals surface area contributed by atoms with Gasteiger partial charge in [-0.25, -0.2) is 9.78 Å². The third-order valence-corrected chi connectivity index (χ3v) is 4.54. The van der Waals surface area contributed by atoms with Gasteiger partial charge in [-0.15, -0.1) is 0 Å². The zero-order chi connectivity index (χ0) is 19.8. The molecule has 4 rings (SSSR count). The first-order valence-electron chi connectivity index (χ1n) is 8.55. The van der Waals surface area contributed by atoms with Gasteiger partial charge < -0.3 is 13.9 Å². The fraction of sp³-hybridized carbons (Fsp3) is 0.200. The van der Waals surface area contributed by atoms with Gasteiger partial charge in [-0.3, -0.25) is 14.5 Å². The second kappa shape index (κ2) is 6.80. The number of imide groups is 1. The Kier molecular flexibility index (Phi) is 4.31. The average Bonchev–Trinajstić information content (AvgIpc) is 3.05. The molecule has 0 bridgehead atoms. The molecule has 0 spiro atoms. The van der Waals surface area contributed by atoms with E-state index in [1.54, 1.807) is 30.3 Å². The van der Waals surface area contributed by atoms with E-state index in [9.17, 15) is 14.4 Å². The summed E-state index contributed by atoms with van der Waals surface area (Å²) in [6, 6.07) is 9.70. The largest absolute Gasteiger partial charge is 0.493 e. The summed E-state index contributed by atoms with van der Waals surface area (Å²) >= 11 is 0. The molecular weight excluding hydrogens is 364 g/mol. The third kappa shape index (κ3) is 2.88. The highest BCUT2D eigenvalue weighted by Crippen LogP contribution is 2.32. The highest BCUT2D eigenvalue weighted by molar-refractivity contribution is 6.19. The molecule has 1 aliphatic rings. The van der Waals surface area contributed by atoms with Gasteiger partial charge in [-0.1, -0.05) is 6.07 Å². The van der Waals surface area contributed by atoms with Crippen LogP contribution < -0.4 is 20.0 Å². The van der Waals surface area contributed by atoms with E-state index in [-0.39, 0.29) is 35.9 Å². The number of fused-ring (bicyclic) bond motifs is 1. The first-order chi connectivity index (χ1) is 13.5. The number of nitrogens with zero attached hydrogens (tertiary/aromatic N) is 2. The lowest BCUT2D eigenvalue weighted by atomic mass is 10.1. The fourth-order valence-electron chi connectivity index (χ4n) is 3.17. The predicted molar refractivity (Wildman–Crippen MR) is 101 cm³/mol. The zero-order valence-electron chi connectivity index (χ0n) is 15.2. The van der Waals surface area contributed by atoms with Crippen LogP contribution in [0.4, 0.5) is 5.69 Å². The van der Waals surface area contributed by atoms with Crippen molar-refractivity contribution in [2.45, 2.75) is 12.8 Å². The minimum atomic E-state index is -0.584. The molecule has 2 amide bonds. The van der Waals surface area contributed by atoms with Gasteiger partial charge in [-0.2, -0.15) is 0 Å². The van der Waals surface area contributed by atoms with Crippen LogP contribution in [0.5, 0.6) is 11.5 Å². The normalized spacial score (nSPS) is 14.0. The maximum absolute atomic E-state index is 12.5. The Hall–Kier alpha value is -3.68. The molecule has 0 radical (unpaired) electrons. The van der Waals surface area contributed by atoms with Crippen molar-refractivity contribution in [1.29, 1.82) is 0 Å². The van der Waals surface area contributed by atoms with Gasteiger partial charge in [0.15, 0.2) is 11.5 Å². The molecule has 1 saturated heterocycles. The zero-order valence-corrected chi connectivity index (χ0v) is 15.2. The molecule has 8 heteroatoms.